The molecule has 0 bridgehead atoms. The Morgan fingerprint density at radius 1 is 1.17 bits per heavy atom. The fourth-order valence-electron chi connectivity index (χ4n) is 2.29. The monoisotopic (exact) mass is 268 g/mol. The van der Waals surface area contributed by atoms with Crippen LogP contribution < -0.4 is 10.2 Å². The van der Waals surface area contributed by atoms with Crippen LogP contribution in [-0.2, 0) is 0 Å². The minimum atomic E-state index is 0.539. The molecule has 0 aliphatic carbocycles. The van der Waals surface area contributed by atoms with Crippen molar-refractivity contribution in [3.8, 4) is 0 Å². The average Bonchev–Trinajstić information content (AvgIpc) is 2.29. The van der Waals surface area contributed by atoms with Gasteiger partial charge in [-0.25, -0.2) is 0 Å². The first-order valence-electron chi connectivity index (χ1n) is 6.82. The predicted molar refractivity (Wildman–Crippen MR) is 83.0 cm³/mol. The van der Waals surface area contributed by atoms with Gasteiger partial charge in [-0.2, -0.15) is 0 Å². The molecule has 0 amide bonds. The van der Waals surface area contributed by atoms with Crippen LogP contribution >= 0.6 is 11.6 Å². The van der Waals surface area contributed by atoms with E-state index >= 15 is 0 Å². The fraction of sp³-hybridized carbons (Fsp3) is 0.600. The number of nitrogens with one attached hydrogen (secondary N) is 1. The van der Waals surface area contributed by atoms with E-state index in [-0.39, 0.29) is 0 Å². The molecule has 0 heterocycles. The first-order valence-corrected chi connectivity index (χ1v) is 7.20. The second-order valence-electron chi connectivity index (χ2n) is 4.95. The molecule has 0 unspecified atom stereocenters. The third-order valence-corrected chi connectivity index (χ3v) is 3.37. The number of para-hydroxylation sites is 1. The van der Waals surface area contributed by atoms with Crippen molar-refractivity contribution in [3.63, 3.8) is 0 Å². The van der Waals surface area contributed by atoms with E-state index in [1.54, 1.807) is 0 Å². The molecule has 1 aromatic carbocycles. The molecule has 18 heavy (non-hydrogen) atoms. The molecule has 2 nitrogen and oxygen atoms in total. The highest BCUT2D eigenvalue weighted by Crippen LogP contribution is 2.33. The molecule has 1 N–H and O–H groups in total. The Balaban J connectivity index is 2.91. The van der Waals surface area contributed by atoms with Gasteiger partial charge in [-0.1, -0.05) is 44.4 Å². The number of rotatable bonds is 7. The molecule has 1 rings (SSSR count). The maximum atomic E-state index is 6.28. The molecule has 3 heteroatoms. The van der Waals surface area contributed by atoms with Gasteiger partial charge in [0.1, 0.15) is 0 Å². The smallest absolute Gasteiger partial charge is 0.0786 e. The summed E-state index contributed by atoms with van der Waals surface area (Å²) in [5, 5.41) is 4.45. The summed E-state index contributed by atoms with van der Waals surface area (Å²) in [5.41, 5.74) is 2.22. The van der Waals surface area contributed by atoms with E-state index in [1.807, 2.05) is 26.2 Å². The molecular formula is C15H25ClN2. The van der Waals surface area contributed by atoms with Crippen LogP contribution in [0.25, 0.3) is 0 Å². The van der Waals surface area contributed by atoms with E-state index in [1.165, 1.54) is 25.7 Å². The number of hydrogen-bond donors (Lipinski definition) is 1. The van der Waals surface area contributed by atoms with E-state index in [9.17, 15) is 0 Å². The Labute approximate surface area is 116 Å². The van der Waals surface area contributed by atoms with E-state index in [0.717, 1.165) is 16.4 Å². The lowest BCUT2D eigenvalue weighted by Crippen LogP contribution is -2.21. The number of anilines is 2. The van der Waals surface area contributed by atoms with Gasteiger partial charge in [0, 0.05) is 20.1 Å². The van der Waals surface area contributed by atoms with Crippen molar-refractivity contribution in [2.24, 2.45) is 0 Å². The van der Waals surface area contributed by atoms with Crippen LogP contribution in [0.5, 0.6) is 0 Å². The van der Waals surface area contributed by atoms with Crippen molar-refractivity contribution >= 4 is 23.0 Å². The van der Waals surface area contributed by atoms with Gasteiger partial charge in [0.15, 0.2) is 0 Å². The normalized spacial score (nSPS) is 10.8. The predicted octanol–water partition coefficient (Wildman–Crippen LogP) is 4.79. The molecule has 0 aromatic heterocycles. The lowest BCUT2D eigenvalue weighted by molar-refractivity contribution is 0.586. The van der Waals surface area contributed by atoms with Crippen molar-refractivity contribution in [2.75, 3.05) is 24.3 Å². The number of halogens is 1. The van der Waals surface area contributed by atoms with Gasteiger partial charge in [-0.05, 0) is 25.0 Å². The third kappa shape index (κ3) is 4.09. The summed E-state index contributed by atoms with van der Waals surface area (Å²) in [5.74, 6) is 0. The minimum absolute atomic E-state index is 0.539. The quantitative estimate of drug-likeness (QED) is 0.765. The highest BCUT2D eigenvalue weighted by Gasteiger charge is 2.12. The summed E-state index contributed by atoms with van der Waals surface area (Å²) in [6.45, 7) is 4.46. The number of nitrogens with zero attached hydrogens (tertiary/aromatic N) is 1. The van der Waals surface area contributed by atoms with Crippen molar-refractivity contribution in [1.29, 1.82) is 0 Å². The summed E-state index contributed by atoms with van der Waals surface area (Å²) in [7, 11) is 4.06. The maximum Gasteiger partial charge on any atom is 0.0786 e. The SMILES string of the molecule is CCCC(CCC)Nc1cccc(Cl)c1N(C)C. The second kappa shape index (κ2) is 7.52. The molecule has 0 spiro atoms. The van der Waals surface area contributed by atoms with Crippen LogP contribution in [0.3, 0.4) is 0 Å². The van der Waals surface area contributed by atoms with Crippen LogP contribution in [0.1, 0.15) is 39.5 Å². The minimum Gasteiger partial charge on any atom is -0.381 e. The second-order valence-corrected chi connectivity index (χ2v) is 5.36. The zero-order valence-electron chi connectivity index (χ0n) is 12.0. The summed E-state index contributed by atoms with van der Waals surface area (Å²) in [6.07, 6.45) is 4.81. The highest BCUT2D eigenvalue weighted by atomic mass is 35.5. The molecular weight excluding hydrogens is 244 g/mol. The Morgan fingerprint density at radius 3 is 2.28 bits per heavy atom. The lowest BCUT2D eigenvalue weighted by Gasteiger charge is -2.24. The van der Waals surface area contributed by atoms with Crippen molar-refractivity contribution < 1.29 is 0 Å². The third-order valence-electron chi connectivity index (χ3n) is 3.07. The van der Waals surface area contributed by atoms with Crippen molar-refractivity contribution in [3.05, 3.63) is 23.2 Å². The Morgan fingerprint density at radius 2 is 1.78 bits per heavy atom. The fourth-order valence-corrected chi connectivity index (χ4v) is 2.64. The van der Waals surface area contributed by atoms with Crippen LogP contribution in [0.15, 0.2) is 18.2 Å². The molecule has 1 aromatic rings. The molecule has 0 atom stereocenters. The van der Waals surface area contributed by atoms with E-state index < -0.39 is 0 Å². The van der Waals surface area contributed by atoms with Gasteiger partial charge in [0.05, 0.1) is 16.4 Å². The van der Waals surface area contributed by atoms with Crippen LogP contribution in [-0.4, -0.2) is 20.1 Å². The van der Waals surface area contributed by atoms with E-state index in [2.05, 4.69) is 30.1 Å². The van der Waals surface area contributed by atoms with Gasteiger partial charge < -0.3 is 10.2 Å². The Hall–Kier alpha value is -0.890. The summed E-state index contributed by atoms with van der Waals surface area (Å²) in [4.78, 5) is 2.07. The molecule has 0 saturated heterocycles. The van der Waals surface area contributed by atoms with Crippen molar-refractivity contribution in [2.45, 2.75) is 45.6 Å². The van der Waals surface area contributed by atoms with E-state index in [4.69, 9.17) is 11.6 Å². The zero-order chi connectivity index (χ0) is 13.5. The van der Waals surface area contributed by atoms with Gasteiger partial charge in [0.2, 0.25) is 0 Å². The lowest BCUT2D eigenvalue weighted by atomic mass is 10.1. The van der Waals surface area contributed by atoms with Gasteiger partial charge in [-0.3, -0.25) is 0 Å². The first kappa shape index (κ1) is 15.2. The Kier molecular flexibility index (Phi) is 6.34. The van der Waals surface area contributed by atoms with Crippen LogP contribution in [0.4, 0.5) is 11.4 Å². The summed E-state index contributed by atoms with van der Waals surface area (Å²) < 4.78 is 0. The number of hydrogen-bond acceptors (Lipinski definition) is 2. The molecule has 0 aliphatic rings. The molecule has 102 valence electrons. The van der Waals surface area contributed by atoms with Gasteiger partial charge in [0.25, 0.3) is 0 Å². The first-order chi connectivity index (χ1) is 8.60. The summed E-state index contributed by atoms with van der Waals surface area (Å²) in [6, 6.07) is 6.60. The van der Waals surface area contributed by atoms with Crippen LogP contribution in [0, 0.1) is 0 Å². The van der Waals surface area contributed by atoms with Gasteiger partial charge in [-0.15, -0.1) is 0 Å². The molecule has 0 fully saturated rings. The molecule has 0 aliphatic heterocycles. The topological polar surface area (TPSA) is 15.3 Å². The molecule has 0 saturated carbocycles. The molecule has 0 radical (unpaired) electrons. The van der Waals surface area contributed by atoms with Gasteiger partial charge >= 0.3 is 0 Å². The van der Waals surface area contributed by atoms with Crippen LogP contribution in [0.2, 0.25) is 5.02 Å². The maximum absolute atomic E-state index is 6.28. The Bertz CT molecular complexity index is 358. The summed E-state index contributed by atoms with van der Waals surface area (Å²) >= 11 is 6.28. The van der Waals surface area contributed by atoms with E-state index in [0.29, 0.717) is 6.04 Å². The zero-order valence-corrected chi connectivity index (χ0v) is 12.7. The largest absolute Gasteiger partial charge is 0.381 e. The standard InChI is InChI=1S/C15H25ClN2/c1-5-8-12(9-6-2)17-14-11-7-10-13(16)15(14)18(3)4/h7,10-12,17H,5-6,8-9H2,1-4H3. The highest BCUT2D eigenvalue weighted by molar-refractivity contribution is 6.34. The van der Waals surface area contributed by atoms with Crippen molar-refractivity contribution in [1.82, 2.24) is 0 Å². The average molecular weight is 269 g/mol. The number of benzene rings is 1.